The van der Waals surface area contributed by atoms with Crippen molar-refractivity contribution in [1.82, 2.24) is 0 Å². The third kappa shape index (κ3) is 3.21. The second-order valence-electron chi connectivity index (χ2n) is 1.46. The van der Waals surface area contributed by atoms with Crippen LogP contribution in [0.15, 0.2) is 11.8 Å². The molecule has 0 aromatic heterocycles. The molecule has 0 atom stereocenters. The van der Waals surface area contributed by atoms with Gasteiger partial charge in [0.05, 0.1) is 7.11 Å². The lowest BCUT2D eigenvalue weighted by molar-refractivity contribution is 0.403. The number of methoxy groups -OCH3 is 1. The van der Waals surface area contributed by atoms with Crippen LogP contribution in [0.3, 0.4) is 0 Å². The quantitative estimate of drug-likeness (QED) is 0.384. The topological polar surface area (TPSA) is 59.1 Å². The molecule has 0 rings (SSSR count). The molecular formula is C5H10N2O. The van der Waals surface area contributed by atoms with Crippen molar-refractivity contribution in [2.45, 2.75) is 6.92 Å². The Morgan fingerprint density at radius 1 is 1.75 bits per heavy atom. The summed E-state index contributed by atoms with van der Waals surface area (Å²) in [6, 6.07) is 0. The van der Waals surface area contributed by atoms with Crippen molar-refractivity contribution in [3.05, 3.63) is 11.8 Å². The predicted molar refractivity (Wildman–Crippen MR) is 32.7 cm³/mol. The van der Waals surface area contributed by atoms with Crippen molar-refractivity contribution in [3.63, 3.8) is 0 Å². The van der Waals surface area contributed by atoms with E-state index in [1.165, 1.54) is 13.2 Å². The summed E-state index contributed by atoms with van der Waals surface area (Å²) in [5.74, 6) is 0.0880. The lowest BCUT2D eigenvalue weighted by atomic mass is 10.4. The average molecular weight is 114 g/mol. The van der Waals surface area contributed by atoms with Crippen LogP contribution in [0.2, 0.25) is 0 Å². The SMILES string of the molecule is COC(=N)C=C(C)N. The van der Waals surface area contributed by atoms with E-state index in [0.717, 1.165) is 0 Å². The van der Waals surface area contributed by atoms with Crippen molar-refractivity contribution in [2.24, 2.45) is 5.73 Å². The Kier molecular flexibility index (Phi) is 2.69. The van der Waals surface area contributed by atoms with Crippen LogP contribution in [0.5, 0.6) is 0 Å². The molecule has 0 fully saturated rings. The van der Waals surface area contributed by atoms with Crippen molar-refractivity contribution in [1.29, 1.82) is 5.41 Å². The first-order valence-corrected chi connectivity index (χ1v) is 2.23. The van der Waals surface area contributed by atoms with Crippen LogP contribution < -0.4 is 5.73 Å². The summed E-state index contributed by atoms with van der Waals surface area (Å²) >= 11 is 0. The van der Waals surface area contributed by atoms with E-state index in [9.17, 15) is 0 Å². The number of rotatable bonds is 1. The summed E-state index contributed by atoms with van der Waals surface area (Å²) in [6.07, 6.45) is 1.44. The van der Waals surface area contributed by atoms with Gasteiger partial charge in [0.2, 0.25) is 5.90 Å². The highest BCUT2D eigenvalue weighted by molar-refractivity contribution is 5.85. The van der Waals surface area contributed by atoms with Gasteiger partial charge >= 0.3 is 0 Å². The van der Waals surface area contributed by atoms with E-state index in [1.807, 2.05) is 0 Å². The molecule has 0 aromatic carbocycles. The number of allylic oxidation sites excluding steroid dienone is 1. The summed E-state index contributed by atoms with van der Waals surface area (Å²) in [5.41, 5.74) is 5.79. The molecule has 0 unspecified atom stereocenters. The van der Waals surface area contributed by atoms with Gasteiger partial charge in [0, 0.05) is 11.8 Å². The van der Waals surface area contributed by atoms with Crippen molar-refractivity contribution in [2.75, 3.05) is 7.11 Å². The van der Waals surface area contributed by atoms with Crippen molar-refractivity contribution in [3.8, 4) is 0 Å². The second-order valence-corrected chi connectivity index (χ2v) is 1.46. The highest BCUT2D eigenvalue weighted by Crippen LogP contribution is 1.81. The first-order chi connectivity index (χ1) is 3.66. The number of nitrogens with one attached hydrogen (secondary N) is 1. The minimum absolute atomic E-state index is 0.0880. The molecular weight excluding hydrogens is 104 g/mol. The van der Waals surface area contributed by atoms with E-state index in [1.54, 1.807) is 6.92 Å². The van der Waals surface area contributed by atoms with Crippen LogP contribution in [-0.2, 0) is 4.74 Å². The van der Waals surface area contributed by atoms with Crippen LogP contribution in [-0.4, -0.2) is 13.0 Å². The highest BCUT2D eigenvalue weighted by Gasteiger charge is 1.84. The molecule has 0 bridgehead atoms. The van der Waals surface area contributed by atoms with Gasteiger partial charge in [0.25, 0.3) is 0 Å². The van der Waals surface area contributed by atoms with E-state index in [2.05, 4.69) is 4.74 Å². The molecule has 0 aromatic rings. The minimum atomic E-state index is 0.0880. The zero-order chi connectivity index (χ0) is 6.57. The number of hydrogen-bond donors (Lipinski definition) is 2. The molecule has 0 aliphatic carbocycles. The molecule has 0 aliphatic rings. The van der Waals surface area contributed by atoms with E-state index in [4.69, 9.17) is 11.1 Å². The molecule has 3 N–H and O–H groups in total. The van der Waals surface area contributed by atoms with Gasteiger partial charge in [-0.1, -0.05) is 0 Å². The van der Waals surface area contributed by atoms with Crippen molar-refractivity contribution < 1.29 is 4.74 Å². The molecule has 0 saturated carbocycles. The molecule has 46 valence electrons. The van der Waals surface area contributed by atoms with Crippen LogP contribution in [0, 0.1) is 5.41 Å². The molecule has 0 amide bonds. The Morgan fingerprint density at radius 2 is 2.25 bits per heavy atom. The maximum absolute atomic E-state index is 6.89. The van der Waals surface area contributed by atoms with Gasteiger partial charge in [-0.25, -0.2) is 0 Å². The lowest BCUT2D eigenvalue weighted by Gasteiger charge is -1.93. The third-order valence-corrected chi connectivity index (χ3v) is 0.579. The first-order valence-electron chi connectivity index (χ1n) is 2.23. The fraction of sp³-hybridized carbons (Fsp3) is 0.400. The molecule has 0 saturated heterocycles. The monoisotopic (exact) mass is 114 g/mol. The zero-order valence-electron chi connectivity index (χ0n) is 5.06. The van der Waals surface area contributed by atoms with Crippen LogP contribution in [0.25, 0.3) is 0 Å². The molecule has 0 spiro atoms. The fourth-order valence-corrected chi connectivity index (χ4v) is 0.266. The van der Waals surface area contributed by atoms with Gasteiger partial charge in [-0.3, -0.25) is 5.41 Å². The standard InChI is InChI=1S/C5H10N2O/c1-4(6)3-5(7)8-2/h3,7H,6H2,1-2H3. The average Bonchev–Trinajstić information content (AvgIpc) is 1.65. The number of nitrogens with two attached hydrogens (primary N) is 1. The second kappa shape index (κ2) is 3.07. The van der Waals surface area contributed by atoms with E-state index >= 15 is 0 Å². The van der Waals surface area contributed by atoms with E-state index in [0.29, 0.717) is 5.70 Å². The number of ether oxygens (including phenoxy) is 1. The molecule has 0 heterocycles. The summed E-state index contributed by atoms with van der Waals surface area (Å²) in [7, 11) is 1.43. The molecule has 8 heavy (non-hydrogen) atoms. The van der Waals surface area contributed by atoms with Gasteiger partial charge in [0.1, 0.15) is 0 Å². The van der Waals surface area contributed by atoms with Gasteiger partial charge in [-0.2, -0.15) is 0 Å². The van der Waals surface area contributed by atoms with Gasteiger partial charge in [-0.05, 0) is 6.92 Å². The smallest absolute Gasteiger partial charge is 0.207 e. The van der Waals surface area contributed by atoms with E-state index < -0.39 is 0 Å². The Bertz CT molecular complexity index is 114. The zero-order valence-corrected chi connectivity index (χ0v) is 5.06. The van der Waals surface area contributed by atoms with Crippen molar-refractivity contribution >= 4 is 5.90 Å². The third-order valence-electron chi connectivity index (χ3n) is 0.579. The maximum atomic E-state index is 6.89. The van der Waals surface area contributed by atoms with Gasteiger partial charge in [0.15, 0.2) is 0 Å². The lowest BCUT2D eigenvalue weighted by Crippen LogP contribution is -1.99. The molecule has 3 nitrogen and oxygen atoms in total. The van der Waals surface area contributed by atoms with Crippen LogP contribution in [0.1, 0.15) is 6.92 Å². The Balaban J connectivity index is 3.70. The fourth-order valence-electron chi connectivity index (χ4n) is 0.266. The van der Waals surface area contributed by atoms with E-state index in [-0.39, 0.29) is 5.90 Å². The summed E-state index contributed by atoms with van der Waals surface area (Å²) in [5, 5.41) is 6.89. The highest BCUT2D eigenvalue weighted by atomic mass is 16.5. The molecule has 0 aliphatic heterocycles. The van der Waals surface area contributed by atoms with Crippen LogP contribution in [0.4, 0.5) is 0 Å². The predicted octanol–water partition coefficient (Wildman–Crippen LogP) is 0.473. The van der Waals surface area contributed by atoms with Gasteiger partial charge < -0.3 is 10.5 Å². The Hall–Kier alpha value is -0.990. The Morgan fingerprint density at radius 3 is 2.38 bits per heavy atom. The van der Waals surface area contributed by atoms with Gasteiger partial charge in [-0.15, -0.1) is 0 Å². The maximum Gasteiger partial charge on any atom is 0.207 e. The normalized spacial score (nSPS) is 11.0. The molecule has 3 heteroatoms. The molecule has 0 radical (unpaired) electrons. The van der Waals surface area contributed by atoms with Crippen LogP contribution >= 0.6 is 0 Å². The summed E-state index contributed by atoms with van der Waals surface area (Å²) in [4.78, 5) is 0. The largest absolute Gasteiger partial charge is 0.481 e. The summed E-state index contributed by atoms with van der Waals surface area (Å²) in [6.45, 7) is 1.70. The summed E-state index contributed by atoms with van der Waals surface area (Å²) < 4.78 is 4.49. The number of hydrogen-bond acceptors (Lipinski definition) is 3. The first kappa shape index (κ1) is 7.01. The minimum Gasteiger partial charge on any atom is -0.481 e. The Labute approximate surface area is 48.6 Å².